The molecule has 4 heterocycles. The van der Waals surface area contributed by atoms with Gasteiger partial charge in [0.1, 0.15) is 12.2 Å². The predicted octanol–water partition coefficient (Wildman–Crippen LogP) is 2.43. The minimum atomic E-state index is -0.871. The SMILES string of the molecule is C/C1=C\C/C=C/C(C)C(O)C2OC2C(C)C(O)CC(N2CCN(CCNC=O)CC2)CC2CCC(C)(CO)C(O)/C=C/C(C)C1OC(=O)C2. The van der Waals surface area contributed by atoms with Gasteiger partial charge < -0.3 is 35.2 Å². The van der Waals surface area contributed by atoms with Gasteiger partial charge in [0, 0.05) is 74.9 Å². The van der Waals surface area contributed by atoms with E-state index in [4.69, 9.17) is 9.47 Å². The lowest BCUT2D eigenvalue weighted by Gasteiger charge is -2.42. The highest BCUT2D eigenvalue weighted by atomic mass is 16.6. The normalized spacial score (nSPS) is 43.2. The van der Waals surface area contributed by atoms with Crippen LogP contribution in [0.5, 0.6) is 0 Å². The van der Waals surface area contributed by atoms with E-state index in [0.29, 0.717) is 38.6 Å². The van der Waals surface area contributed by atoms with E-state index >= 15 is 0 Å². The first-order valence-electron chi connectivity index (χ1n) is 18.5. The zero-order valence-electron chi connectivity index (χ0n) is 30.3. The fourth-order valence-corrected chi connectivity index (χ4v) is 7.85. The molecule has 5 N–H and O–H groups in total. The quantitative estimate of drug-likeness (QED) is 0.0924. The summed E-state index contributed by atoms with van der Waals surface area (Å²) in [6, 6.07) is -0.0361. The van der Waals surface area contributed by atoms with E-state index in [1.807, 2.05) is 58.9 Å². The molecule has 12 unspecified atom stereocenters. The predicted molar refractivity (Wildman–Crippen MR) is 188 cm³/mol. The Bertz CT molecular complexity index is 1160. The standard InChI is InChI=1S/C38H63N3O8/c1-25-8-6-7-9-26(2)35-27(3)10-11-32(45)38(5,23-42)13-12-29(21-33(46)48-35)20-30(22-31(44)28(4)36-37(49-36)34(25)47)41-18-16-40(17-19-41)15-14-39-24-43/h6,8-11,24-25,27-32,34-37,42,44-45,47H,7,12-23H2,1-5H3,(H,39,43)/b8-6+,11-10+,26-9+. The summed E-state index contributed by atoms with van der Waals surface area (Å²) in [6.07, 6.45) is 10.1. The summed E-state index contributed by atoms with van der Waals surface area (Å²) in [7, 11) is 0. The summed E-state index contributed by atoms with van der Waals surface area (Å²) < 4.78 is 12.2. The molecule has 278 valence electrons. The first-order chi connectivity index (χ1) is 23.4. The highest BCUT2D eigenvalue weighted by Crippen LogP contribution is 2.39. The molecule has 0 spiro atoms. The van der Waals surface area contributed by atoms with Crippen LogP contribution >= 0.6 is 0 Å². The first kappa shape index (κ1) is 39.7. The molecule has 49 heavy (non-hydrogen) atoms. The van der Waals surface area contributed by atoms with E-state index in [9.17, 15) is 30.0 Å². The second-order valence-corrected chi connectivity index (χ2v) is 15.5. The maximum Gasteiger partial charge on any atom is 0.306 e. The highest BCUT2D eigenvalue weighted by molar-refractivity contribution is 5.70. The molecule has 11 nitrogen and oxygen atoms in total. The van der Waals surface area contributed by atoms with Gasteiger partial charge in [0.15, 0.2) is 0 Å². The van der Waals surface area contributed by atoms with Gasteiger partial charge >= 0.3 is 5.97 Å². The lowest BCUT2D eigenvalue weighted by atomic mass is 9.76. The fraction of sp³-hybridized carbons (Fsp3) is 0.789. The molecule has 0 radical (unpaired) electrons. The van der Waals surface area contributed by atoms with Gasteiger partial charge in [0.2, 0.25) is 6.41 Å². The number of carbonyl (C=O) groups is 2. The minimum absolute atomic E-state index is 0.0361. The van der Waals surface area contributed by atoms with Crippen LogP contribution in [-0.4, -0.2) is 131 Å². The molecule has 4 aliphatic heterocycles. The van der Waals surface area contributed by atoms with Crippen molar-refractivity contribution in [3.8, 4) is 0 Å². The number of allylic oxidation sites excluding steroid dienone is 2. The summed E-state index contributed by atoms with van der Waals surface area (Å²) in [4.78, 5) is 29.2. The number of hydrogen-bond acceptors (Lipinski definition) is 10. The van der Waals surface area contributed by atoms with Crippen molar-refractivity contribution in [2.45, 2.75) is 116 Å². The van der Waals surface area contributed by atoms with Crippen molar-refractivity contribution in [1.82, 2.24) is 15.1 Å². The Morgan fingerprint density at radius 2 is 1.76 bits per heavy atom. The van der Waals surface area contributed by atoms with E-state index in [1.54, 1.807) is 6.08 Å². The molecule has 0 aromatic rings. The number of amides is 1. The number of esters is 1. The zero-order valence-corrected chi connectivity index (χ0v) is 30.3. The largest absolute Gasteiger partial charge is 0.457 e. The van der Waals surface area contributed by atoms with Crippen molar-refractivity contribution < 1.29 is 39.5 Å². The van der Waals surface area contributed by atoms with Gasteiger partial charge in [-0.1, -0.05) is 58.1 Å². The summed E-state index contributed by atoms with van der Waals surface area (Å²) >= 11 is 0. The molecule has 11 heteroatoms. The van der Waals surface area contributed by atoms with Gasteiger partial charge in [-0.25, -0.2) is 0 Å². The van der Waals surface area contributed by atoms with Crippen molar-refractivity contribution in [2.75, 3.05) is 45.9 Å². The third-order valence-electron chi connectivity index (χ3n) is 11.7. The van der Waals surface area contributed by atoms with Gasteiger partial charge in [-0.15, -0.1) is 0 Å². The number of aliphatic hydroxyl groups excluding tert-OH is 4. The summed E-state index contributed by atoms with van der Waals surface area (Å²) in [5.41, 5.74) is 0.134. The van der Waals surface area contributed by atoms with Crippen LogP contribution in [-0.2, 0) is 19.1 Å². The first-order valence-corrected chi connectivity index (χ1v) is 18.5. The van der Waals surface area contributed by atoms with E-state index in [1.165, 1.54) is 0 Å². The minimum Gasteiger partial charge on any atom is -0.457 e. The van der Waals surface area contributed by atoms with Crippen LogP contribution in [0.2, 0.25) is 0 Å². The molecule has 0 saturated carbocycles. The van der Waals surface area contributed by atoms with Crippen LogP contribution in [0.1, 0.15) is 73.1 Å². The van der Waals surface area contributed by atoms with Crippen LogP contribution in [0.3, 0.4) is 0 Å². The maximum absolute atomic E-state index is 13.7. The summed E-state index contributed by atoms with van der Waals surface area (Å²) in [5.74, 6) is -0.907. The van der Waals surface area contributed by atoms with Crippen LogP contribution in [0.4, 0.5) is 0 Å². The summed E-state index contributed by atoms with van der Waals surface area (Å²) in [6.45, 7) is 14.2. The third kappa shape index (κ3) is 10.9. The number of epoxide rings is 1. The van der Waals surface area contributed by atoms with Crippen LogP contribution in [0.25, 0.3) is 0 Å². The van der Waals surface area contributed by atoms with Gasteiger partial charge in [-0.05, 0) is 50.5 Å². The lowest BCUT2D eigenvalue weighted by molar-refractivity contribution is -0.150. The maximum atomic E-state index is 13.7. The van der Waals surface area contributed by atoms with Crippen LogP contribution < -0.4 is 5.32 Å². The van der Waals surface area contributed by atoms with Crippen molar-refractivity contribution in [1.29, 1.82) is 0 Å². The molecule has 12 atom stereocenters. The van der Waals surface area contributed by atoms with Crippen molar-refractivity contribution in [2.24, 2.45) is 29.1 Å². The Morgan fingerprint density at radius 1 is 1.02 bits per heavy atom. The summed E-state index contributed by atoms with van der Waals surface area (Å²) in [5, 5.41) is 47.3. The molecule has 2 fully saturated rings. The third-order valence-corrected chi connectivity index (χ3v) is 11.7. The molecular weight excluding hydrogens is 626 g/mol. The fourth-order valence-electron chi connectivity index (χ4n) is 7.85. The Morgan fingerprint density at radius 3 is 2.45 bits per heavy atom. The Balaban J connectivity index is 1.66. The number of nitrogens with zero attached hydrogens (tertiary/aromatic N) is 2. The average Bonchev–Trinajstić information content (AvgIpc) is 3.89. The van der Waals surface area contributed by atoms with E-state index < -0.39 is 29.8 Å². The second-order valence-electron chi connectivity index (χ2n) is 15.5. The number of ether oxygens (including phenoxy) is 2. The van der Waals surface area contributed by atoms with E-state index in [0.717, 1.165) is 44.7 Å². The van der Waals surface area contributed by atoms with Crippen LogP contribution in [0.15, 0.2) is 36.0 Å². The molecule has 0 aromatic carbocycles. The average molecular weight is 690 g/mol. The van der Waals surface area contributed by atoms with E-state index in [-0.39, 0.29) is 60.9 Å². The number of hydrogen-bond donors (Lipinski definition) is 5. The number of piperazine rings is 1. The Hall–Kier alpha value is -2.12. The molecule has 4 aliphatic rings. The number of rotatable bonds is 6. The number of aliphatic hydroxyl groups is 4. The molecule has 2 saturated heterocycles. The molecule has 1 amide bonds. The molecule has 0 aliphatic carbocycles. The monoisotopic (exact) mass is 689 g/mol. The van der Waals surface area contributed by atoms with Gasteiger partial charge in [-0.3, -0.25) is 19.4 Å². The Labute approximate surface area is 293 Å². The molecule has 0 aromatic heterocycles. The topological polar surface area (TPSA) is 155 Å². The number of fused-ring (bicyclic) bond motifs is 5. The Kier molecular flexibility index (Phi) is 14.9. The van der Waals surface area contributed by atoms with E-state index in [2.05, 4.69) is 15.1 Å². The highest BCUT2D eigenvalue weighted by Gasteiger charge is 2.50. The lowest BCUT2D eigenvalue weighted by Crippen LogP contribution is -2.52. The molecule has 2 bridgehead atoms. The van der Waals surface area contributed by atoms with Gasteiger partial charge in [0.25, 0.3) is 0 Å². The number of nitrogens with one attached hydrogen (secondary N) is 1. The van der Waals surface area contributed by atoms with Crippen molar-refractivity contribution >= 4 is 12.4 Å². The smallest absolute Gasteiger partial charge is 0.306 e. The zero-order chi connectivity index (χ0) is 35.7. The number of carbonyl (C=O) groups excluding carboxylic acids is 2. The second kappa shape index (κ2) is 18.4. The van der Waals surface area contributed by atoms with Crippen molar-refractivity contribution in [3.63, 3.8) is 0 Å². The molecular formula is C38H63N3O8. The van der Waals surface area contributed by atoms with Crippen LogP contribution in [0, 0.1) is 29.1 Å². The van der Waals surface area contributed by atoms with Crippen molar-refractivity contribution in [3.05, 3.63) is 36.0 Å². The van der Waals surface area contributed by atoms with Gasteiger partial charge in [0.05, 0.1) is 31.0 Å². The molecule has 4 rings (SSSR count). The van der Waals surface area contributed by atoms with Gasteiger partial charge in [-0.2, -0.15) is 0 Å².